The van der Waals surface area contributed by atoms with E-state index < -0.39 is 0 Å². The molecule has 0 aromatic rings. The van der Waals surface area contributed by atoms with Crippen LogP contribution in [0.5, 0.6) is 0 Å². The van der Waals surface area contributed by atoms with Crippen molar-refractivity contribution in [3.63, 3.8) is 0 Å². The Morgan fingerprint density at radius 3 is 2.43 bits per heavy atom. The van der Waals surface area contributed by atoms with Crippen LogP contribution >= 0.6 is 0 Å². The van der Waals surface area contributed by atoms with Gasteiger partial charge in [-0.25, -0.2) is 0 Å². The van der Waals surface area contributed by atoms with E-state index in [1.807, 2.05) is 0 Å². The Balaban J connectivity index is 2.07. The summed E-state index contributed by atoms with van der Waals surface area (Å²) in [6.45, 7) is 1.80. The summed E-state index contributed by atoms with van der Waals surface area (Å²) in [6, 6.07) is 0. The van der Waals surface area contributed by atoms with Crippen molar-refractivity contribution in [2.75, 3.05) is 19.6 Å². The predicted octanol–water partition coefficient (Wildman–Crippen LogP) is 0.307. The molecule has 0 saturated carbocycles. The second kappa shape index (κ2) is 5.75. The van der Waals surface area contributed by atoms with Crippen molar-refractivity contribution in [2.45, 2.75) is 32.1 Å². The average Bonchev–Trinajstić information content (AvgIpc) is 2.45. The number of rotatable bonds is 6. The molecule has 1 amide bonds. The highest BCUT2D eigenvalue weighted by molar-refractivity contribution is 6.05. The van der Waals surface area contributed by atoms with Crippen molar-refractivity contribution < 1.29 is 9.59 Å². The lowest BCUT2D eigenvalue weighted by Gasteiger charge is -2.13. The fourth-order valence-corrected chi connectivity index (χ4v) is 1.64. The second-order valence-electron chi connectivity index (χ2n) is 3.73. The van der Waals surface area contributed by atoms with Gasteiger partial charge >= 0.3 is 0 Å². The number of nitrogens with zero attached hydrogens (tertiary/aromatic N) is 1. The molecule has 80 valence electrons. The zero-order valence-corrected chi connectivity index (χ0v) is 8.50. The van der Waals surface area contributed by atoms with Crippen molar-refractivity contribution in [1.29, 1.82) is 0 Å². The molecule has 14 heavy (non-hydrogen) atoms. The Labute approximate surface area is 84.4 Å². The topological polar surface area (TPSA) is 63.4 Å². The van der Waals surface area contributed by atoms with Crippen LogP contribution in [0, 0.1) is 0 Å². The van der Waals surface area contributed by atoms with Crippen molar-refractivity contribution in [2.24, 2.45) is 5.73 Å². The number of ketones is 1. The Bertz CT molecular complexity index is 216. The van der Waals surface area contributed by atoms with Crippen LogP contribution in [0.2, 0.25) is 0 Å². The summed E-state index contributed by atoms with van der Waals surface area (Å²) in [7, 11) is 0. The smallest absolute Gasteiger partial charge is 0.230 e. The predicted molar refractivity (Wildman–Crippen MR) is 53.7 cm³/mol. The normalized spacial score (nSPS) is 16.8. The van der Waals surface area contributed by atoms with Crippen LogP contribution in [0.1, 0.15) is 32.1 Å². The van der Waals surface area contributed by atoms with Crippen LogP contribution < -0.4 is 5.73 Å². The van der Waals surface area contributed by atoms with Crippen molar-refractivity contribution in [3.05, 3.63) is 0 Å². The molecule has 0 bridgehead atoms. The van der Waals surface area contributed by atoms with Gasteiger partial charge in [0.25, 0.3) is 0 Å². The van der Waals surface area contributed by atoms with Gasteiger partial charge in [0, 0.05) is 6.54 Å². The number of likely N-dealkylation sites (tertiary alicyclic amines) is 1. The molecule has 0 atom stereocenters. The zero-order valence-electron chi connectivity index (χ0n) is 8.50. The quantitative estimate of drug-likeness (QED) is 0.493. The molecule has 1 saturated heterocycles. The summed E-state index contributed by atoms with van der Waals surface area (Å²) in [6.07, 6.45) is 4.36. The number of unbranched alkanes of at least 4 members (excludes halogenated alkanes) is 3. The average molecular weight is 198 g/mol. The summed E-state index contributed by atoms with van der Waals surface area (Å²) < 4.78 is 0. The summed E-state index contributed by atoms with van der Waals surface area (Å²) in [4.78, 5) is 23.8. The van der Waals surface area contributed by atoms with E-state index in [0.29, 0.717) is 6.54 Å². The fourth-order valence-electron chi connectivity index (χ4n) is 1.64. The lowest BCUT2D eigenvalue weighted by Crippen LogP contribution is -2.26. The molecule has 0 spiro atoms. The molecule has 4 nitrogen and oxygen atoms in total. The van der Waals surface area contributed by atoms with Gasteiger partial charge in [-0.05, 0) is 19.4 Å². The number of amides is 1. The minimum absolute atomic E-state index is 0.00572. The molecule has 1 fully saturated rings. The first kappa shape index (κ1) is 11.2. The van der Waals surface area contributed by atoms with E-state index >= 15 is 0 Å². The molecule has 1 heterocycles. The van der Waals surface area contributed by atoms with Crippen LogP contribution in [0.25, 0.3) is 0 Å². The van der Waals surface area contributed by atoms with Crippen LogP contribution in [-0.4, -0.2) is 36.2 Å². The summed E-state index contributed by atoms with van der Waals surface area (Å²) >= 11 is 0. The maximum Gasteiger partial charge on any atom is 0.230 e. The van der Waals surface area contributed by atoms with Gasteiger partial charge in [0.1, 0.15) is 0 Å². The van der Waals surface area contributed by atoms with E-state index in [-0.39, 0.29) is 18.1 Å². The SMILES string of the molecule is NCCCCCCN1CC(=O)CC1=O. The third kappa shape index (κ3) is 3.46. The van der Waals surface area contributed by atoms with Gasteiger partial charge in [0.05, 0.1) is 13.0 Å². The van der Waals surface area contributed by atoms with Gasteiger partial charge < -0.3 is 10.6 Å². The second-order valence-corrected chi connectivity index (χ2v) is 3.73. The van der Waals surface area contributed by atoms with Gasteiger partial charge in [0.15, 0.2) is 5.78 Å². The monoisotopic (exact) mass is 198 g/mol. The van der Waals surface area contributed by atoms with E-state index in [2.05, 4.69) is 0 Å². The molecule has 0 unspecified atom stereocenters. The molecule has 0 radical (unpaired) electrons. The van der Waals surface area contributed by atoms with E-state index in [0.717, 1.165) is 38.8 Å². The first-order valence-corrected chi connectivity index (χ1v) is 5.23. The highest BCUT2D eigenvalue weighted by atomic mass is 16.2. The summed E-state index contributed by atoms with van der Waals surface area (Å²) in [5.74, 6) is 0.0470. The molecule has 1 aliphatic rings. The van der Waals surface area contributed by atoms with Crippen molar-refractivity contribution >= 4 is 11.7 Å². The van der Waals surface area contributed by atoms with Gasteiger partial charge in [0.2, 0.25) is 5.91 Å². The standard InChI is InChI=1S/C10H18N2O2/c11-5-3-1-2-4-6-12-8-9(13)7-10(12)14/h1-8,11H2. The molecule has 0 aromatic heterocycles. The third-order valence-electron chi connectivity index (χ3n) is 2.45. The molecule has 2 N–H and O–H groups in total. The fraction of sp³-hybridized carbons (Fsp3) is 0.800. The molecule has 1 aliphatic heterocycles. The highest BCUT2D eigenvalue weighted by Gasteiger charge is 2.26. The summed E-state index contributed by atoms with van der Waals surface area (Å²) in [5, 5.41) is 0. The first-order chi connectivity index (χ1) is 6.74. The molecule has 0 aliphatic carbocycles. The third-order valence-corrected chi connectivity index (χ3v) is 2.45. The van der Waals surface area contributed by atoms with Gasteiger partial charge in [-0.15, -0.1) is 0 Å². The van der Waals surface area contributed by atoms with E-state index in [9.17, 15) is 9.59 Å². The molecule has 1 rings (SSSR count). The van der Waals surface area contributed by atoms with Crippen LogP contribution in [0.15, 0.2) is 0 Å². The maximum atomic E-state index is 11.2. The van der Waals surface area contributed by atoms with Crippen molar-refractivity contribution in [1.82, 2.24) is 4.90 Å². The van der Waals surface area contributed by atoms with E-state index in [1.165, 1.54) is 0 Å². The number of carbonyl (C=O) groups is 2. The Kier molecular flexibility index (Phi) is 4.59. The minimum Gasteiger partial charge on any atom is -0.335 e. The lowest BCUT2D eigenvalue weighted by molar-refractivity contribution is -0.127. The highest BCUT2D eigenvalue weighted by Crippen LogP contribution is 2.08. The molecular weight excluding hydrogens is 180 g/mol. The Hall–Kier alpha value is -0.900. The largest absolute Gasteiger partial charge is 0.335 e. The number of Topliss-reactive ketones (excluding diaryl/α,β-unsaturated/α-hetero) is 1. The van der Waals surface area contributed by atoms with Crippen LogP contribution in [0.4, 0.5) is 0 Å². The molecule has 0 aromatic carbocycles. The zero-order chi connectivity index (χ0) is 10.4. The Morgan fingerprint density at radius 2 is 1.86 bits per heavy atom. The van der Waals surface area contributed by atoms with Crippen LogP contribution in [0.3, 0.4) is 0 Å². The number of nitrogens with two attached hydrogens (primary N) is 1. The maximum absolute atomic E-state index is 11.2. The van der Waals surface area contributed by atoms with Gasteiger partial charge in [-0.1, -0.05) is 12.8 Å². The number of hydrogen-bond acceptors (Lipinski definition) is 3. The lowest BCUT2D eigenvalue weighted by atomic mass is 10.2. The Morgan fingerprint density at radius 1 is 1.14 bits per heavy atom. The van der Waals surface area contributed by atoms with E-state index in [1.54, 1.807) is 4.90 Å². The molecular formula is C10H18N2O2. The number of hydrogen-bond donors (Lipinski definition) is 1. The van der Waals surface area contributed by atoms with Crippen LogP contribution in [-0.2, 0) is 9.59 Å². The molecule has 4 heteroatoms. The van der Waals surface area contributed by atoms with Crippen molar-refractivity contribution in [3.8, 4) is 0 Å². The summed E-state index contributed by atoms with van der Waals surface area (Å²) in [5.41, 5.74) is 5.36. The van der Waals surface area contributed by atoms with Gasteiger partial charge in [-0.3, -0.25) is 9.59 Å². The number of carbonyl (C=O) groups excluding carboxylic acids is 2. The van der Waals surface area contributed by atoms with E-state index in [4.69, 9.17) is 5.73 Å². The first-order valence-electron chi connectivity index (χ1n) is 5.23. The minimum atomic E-state index is -0.00572. The van der Waals surface area contributed by atoms with Gasteiger partial charge in [-0.2, -0.15) is 0 Å².